The number of aliphatic hydroxyl groups is 1. The fourth-order valence-electron chi connectivity index (χ4n) is 1.41. The molecule has 0 aromatic heterocycles. The van der Waals surface area contributed by atoms with Gasteiger partial charge in [-0.1, -0.05) is 0 Å². The van der Waals surface area contributed by atoms with Crippen molar-refractivity contribution in [2.45, 2.75) is 45.3 Å². The van der Waals surface area contributed by atoms with Crippen LogP contribution in [0, 0.1) is 5.92 Å². The summed E-state index contributed by atoms with van der Waals surface area (Å²) in [5, 5.41) is 18.5. The number of nitrogens with two attached hydrogens (primary N) is 1. The molecule has 0 aliphatic rings. The number of ether oxygens (including phenoxy) is 1. The Bertz CT molecular complexity index is 196. The van der Waals surface area contributed by atoms with Crippen molar-refractivity contribution in [2.75, 3.05) is 13.2 Å². The van der Waals surface area contributed by atoms with Crippen LogP contribution in [0.15, 0.2) is 0 Å². The van der Waals surface area contributed by atoms with E-state index in [4.69, 9.17) is 15.6 Å². The fraction of sp³-hybridized carbons (Fsp3) is 0.909. The molecule has 0 aromatic rings. The molecule has 96 valence electrons. The smallest absolute Gasteiger partial charge is 0.306 e. The number of rotatable bonds is 9. The molecule has 0 spiro atoms. The number of carbonyl (C=O) groups is 1. The van der Waals surface area contributed by atoms with Gasteiger partial charge in [-0.05, 0) is 39.7 Å². The third-order valence-electron chi connectivity index (χ3n) is 2.28. The number of aliphatic carboxylic acids is 1. The second kappa shape index (κ2) is 8.50. The summed E-state index contributed by atoms with van der Waals surface area (Å²) in [6, 6.07) is 0. The van der Waals surface area contributed by atoms with Gasteiger partial charge in [0, 0.05) is 0 Å². The maximum atomic E-state index is 10.9. The minimum Gasteiger partial charge on any atom is -0.481 e. The quantitative estimate of drug-likeness (QED) is 0.542. The van der Waals surface area contributed by atoms with Crippen LogP contribution in [0.4, 0.5) is 0 Å². The first-order valence-electron chi connectivity index (χ1n) is 5.69. The summed E-state index contributed by atoms with van der Waals surface area (Å²) in [6.07, 6.45) is 0.713. The van der Waals surface area contributed by atoms with Gasteiger partial charge in [0.15, 0.2) is 0 Å². The zero-order valence-electron chi connectivity index (χ0n) is 10.1. The lowest BCUT2D eigenvalue weighted by Gasteiger charge is -2.17. The van der Waals surface area contributed by atoms with Crippen LogP contribution in [0.3, 0.4) is 0 Å². The molecule has 0 saturated carbocycles. The van der Waals surface area contributed by atoms with Gasteiger partial charge < -0.3 is 20.7 Å². The van der Waals surface area contributed by atoms with Gasteiger partial charge in [0.1, 0.15) is 0 Å². The number of carboxylic acids is 1. The maximum Gasteiger partial charge on any atom is 0.306 e. The highest BCUT2D eigenvalue weighted by atomic mass is 16.5. The minimum absolute atomic E-state index is 0.0435. The molecule has 2 unspecified atom stereocenters. The van der Waals surface area contributed by atoms with Crippen molar-refractivity contribution in [3.05, 3.63) is 0 Å². The Morgan fingerprint density at radius 3 is 2.50 bits per heavy atom. The summed E-state index contributed by atoms with van der Waals surface area (Å²) in [7, 11) is 0. The molecule has 0 heterocycles. The van der Waals surface area contributed by atoms with Crippen molar-refractivity contribution in [3.8, 4) is 0 Å². The Balaban J connectivity index is 3.92. The topological polar surface area (TPSA) is 92.8 Å². The predicted molar refractivity (Wildman–Crippen MR) is 61.1 cm³/mol. The molecule has 0 aliphatic heterocycles. The first kappa shape index (κ1) is 15.3. The largest absolute Gasteiger partial charge is 0.481 e. The zero-order valence-corrected chi connectivity index (χ0v) is 10.1. The first-order chi connectivity index (χ1) is 7.47. The van der Waals surface area contributed by atoms with Gasteiger partial charge in [-0.2, -0.15) is 0 Å². The second-order valence-electron chi connectivity index (χ2n) is 4.24. The van der Waals surface area contributed by atoms with Crippen molar-refractivity contribution in [2.24, 2.45) is 11.7 Å². The lowest BCUT2D eigenvalue weighted by atomic mass is 9.96. The van der Waals surface area contributed by atoms with Crippen molar-refractivity contribution in [3.63, 3.8) is 0 Å². The summed E-state index contributed by atoms with van der Waals surface area (Å²) in [4.78, 5) is 10.9. The molecule has 0 aromatic carbocycles. The fourth-order valence-corrected chi connectivity index (χ4v) is 1.41. The molecule has 0 rings (SSSR count). The summed E-state index contributed by atoms with van der Waals surface area (Å²) < 4.78 is 5.22. The van der Waals surface area contributed by atoms with E-state index < -0.39 is 18.0 Å². The average Bonchev–Trinajstić information content (AvgIpc) is 2.20. The van der Waals surface area contributed by atoms with E-state index in [9.17, 15) is 9.90 Å². The van der Waals surface area contributed by atoms with Gasteiger partial charge in [-0.3, -0.25) is 4.79 Å². The zero-order chi connectivity index (χ0) is 12.6. The predicted octanol–water partition coefficient (Wildman–Crippen LogP) is 0.602. The van der Waals surface area contributed by atoms with Gasteiger partial charge in [-0.15, -0.1) is 0 Å². The van der Waals surface area contributed by atoms with Crippen molar-refractivity contribution in [1.29, 1.82) is 0 Å². The van der Waals surface area contributed by atoms with E-state index >= 15 is 0 Å². The number of hydrogen-bond acceptors (Lipinski definition) is 4. The van der Waals surface area contributed by atoms with Gasteiger partial charge in [0.25, 0.3) is 0 Å². The average molecular weight is 233 g/mol. The third kappa shape index (κ3) is 7.62. The van der Waals surface area contributed by atoms with E-state index in [1.165, 1.54) is 0 Å². The van der Waals surface area contributed by atoms with Crippen LogP contribution >= 0.6 is 0 Å². The SMILES string of the molecule is CC(C)OCC(O)CC(CCCN)C(=O)O. The van der Waals surface area contributed by atoms with Crippen LogP contribution in [0.25, 0.3) is 0 Å². The first-order valence-corrected chi connectivity index (χ1v) is 5.69. The van der Waals surface area contributed by atoms with Crippen LogP contribution in [0.2, 0.25) is 0 Å². The highest BCUT2D eigenvalue weighted by Crippen LogP contribution is 2.14. The van der Waals surface area contributed by atoms with E-state index in [1.807, 2.05) is 13.8 Å². The van der Waals surface area contributed by atoms with Crippen LogP contribution in [0.1, 0.15) is 33.1 Å². The minimum atomic E-state index is -0.878. The Morgan fingerprint density at radius 1 is 1.44 bits per heavy atom. The van der Waals surface area contributed by atoms with E-state index in [0.717, 1.165) is 0 Å². The van der Waals surface area contributed by atoms with Crippen LogP contribution in [-0.2, 0) is 9.53 Å². The van der Waals surface area contributed by atoms with Crippen LogP contribution < -0.4 is 5.73 Å². The lowest BCUT2D eigenvalue weighted by Crippen LogP contribution is -2.26. The molecule has 2 atom stereocenters. The molecule has 0 saturated heterocycles. The second-order valence-corrected chi connectivity index (χ2v) is 4.24. The summed E-state index contributed by atoms with van der Waals surface area (Å²) >= 11 is 0. The lowest BCUT2D eigenvalue weighted by molar-refractivity contribution is -0.143. The van der Waals surface area contributed by atoms with Gasteiger partial charge in [0.2, 0.25) is 0 Å². The third-order valence-corrected chi connectivity index (χ3v) is 2.28. The van der Waals surface area contributed by atoms with Gasteiger partial charge in [-0.25, -0.2) is 0 Å². The number of carboxylic acid groups (broad SMARTS) is 1. The Labute approximate surface area is 96.6 Å². The molecule has 16 heavy (non-hydrogen) atoms. The Morgan fingerprint density at radius 2 is 2.06 bits per heavy atom. The Hall–Kier alpha value is -0.650. The molecule has 0 aliphatic carbocycles. The van der Waals surface area contributed by atoms with Gasteiger partial charge >= 0.3 is 5.97 Å². The Kier molecular flexibility index (Phi) is 8.15. The number of hydrogen-bond donors (Lipinski definition) is 3. The van der Waals surface area contributed by atoms with E-state index in [1.54, 1.807) is 0 Å². The summed E-state index contributed by atoms with van der Waals surface area (Å²) in [5.41, 5.74) is 5.33. The summed E-state index contributed by atoms with van der Waals surface area (Å²) in [5.74, 6) is -1.41. The molecule has 5 nitrogen and oxygen atoms in total. The molecule has 0 amide bonds. The standard InChI is InChI=1S/C11H23NO4/c1-8(2)16-7-10(13)6-9(11(14)15)4-3-5-12/h8-10,13H,3-7,12H2,1-2H3,(H,14,15). The number of aliphatic hydroxyl groups excluding tert-OH is 1. The maximum absolute atomic E-state index is 10.9. The summed E-state index contributed by atoms with van der Waals surface area (Å²) in [6.45, 7) is 4.40. The van der Waals surface area contributed by atoms with Crippen LogP contribution in [-0.4, -0.2) is 41.5 Å². The van der Waals surface area contributed by atoms with Crippen LogP contribution in [0.5, 0.6) is 0 Å². The molecular weight excluding hydrogens is 210 g/mol. The molecule has 4 N–H and O–H groups in total. The molecule has 5 heteroatoms. The van der Waals surface area contributed by atoms with Gasteiger partial charge in [0.05, 0.1) is 24.7 Å². The van der Waals surface area contributed by atoms with E-state index in [-0.39, 0.29) is 19.1 Å². The highest BCUT2D eigenvalue weighted by Gasteiger charge is 2.21. The normalized spacial score (nSPS) is 15.1. The van der Waals surface area contributed by atoms with Crippen molar-refractivity contribution in [1.82, 2.24) is 0 Å². The molecular formula is C11H23NO4. The molecule has 0 radical (unpaired) electrons. The monoisotopic (exact) mass is 233 g/mol. The van der Waals surface area contributed by atoms with E-state index in [2.05, 4.69) is 0 Å². The van der Waals surface area contributed by atoms with Crippen molar-refractivity contribution >= 4 is 5.97 Å². The molecule has 0 fully saturated rings. The van der Waals surface area contributed by atoms with E-state index in [0.29, 0.717) is 19.4 Å². The molecule has 0 bridgehead atoms. The highest BCUT2D eigenvalue weighted by molar-refractivity contribution is 5.69. The van der Waals surface area contributed by atoms with Crippen molar-refractivity contribution < 1.29 is 19.7 Å².